The Bertz CT molecular complexity index is 237. The van der Waals surface area contributed by atoms with E-state index < -0.39 is 18.4 Å². The number of nitrogens with zero attached hydrogens (tertiary/aromatic N) is 1. The Morgan fingerprint density at radius 2 is 2.06 bits per heavy atom. The monoisotopic (exact) mass is 229 g/mol. The topological polar surface area (TPSA) is 68.5 Å². The largest absolute Gasteiger partial charge is 0.433 e. The molecule has 16 heavy (non-hydrogen) atoms. The molecule has 5 nitrogen and oxygen atoms in total. The van der Waals surface area contributed by atoms with Gasteiger partial charge in [-0.05, 0) is 20.3 Å². The quantitative estimate of drug-likeness (QED) is 0.359. The number of hydrogen-bond acceptors (Lipinski definition) is 5. The SMILES string of the molecule is CCCCOC(C#N)C(=O)OC(C)OCC. The Balaban J connectivity index is 3.96. The van der Waals surface area contributed by atoms with Gasteiger partial charge in [-0.1, -0.05) is 13.3 Å². The lowest BCUT2D eigenvalue weighted by Gasteiger charge is -2.15. The predicted octanol–water partition coefficient (Wildman–Crippen LogP) is 1.62. The second-order valence-corrected chi connectivity index (χ2v) is 3.19. The van der Waals surface area contributed by atoms with E-state index in [0.29, 0.717) is 13.2 Å². The Labute approximate surface area is 96.3 Å². The molecule has 0 aromatic rings. The highest BCUT2D eigenvalue weighted by Crippen LogP contribution is 2.01. The van der Waals surface area contributed by atoms with E-state index in [0.717, 1.165) is 12.8 Å². The van der Waals surface area contributed by atoms with Crippen LogP contribution in [0.5, 0.6) is 0 Å². The zero-order chi connectivity index (χ0) is 12.4. The summed E-state index contributed by atoms with van der Waals surface area (Å²) in [4.78, 5) is 11.4. The van der Waals surface area contributed by atoms with Crippen molar-refractivity contribution in [3.05, 3.63) is 0 Å². The molecule has 0 aliphatic rings. The molecule has 0 saturated heterocycles. The standard InChI is InChI=1S/C11H19NO4/c1-4-6-7-15-10(8-12)11(13)16-9(3)14-5-2/h9-10H,4-7H2,1-3H3. The van der Waals surface area contributed by atoms with Gasteiger partial charge in [-0.15, -0.1) is 0 Å². The molecule has 0 fully saturated rings. The van der Waals surface area contributed by atoms with Crippen LogP contribution in [-0.2, 0) is 19.0 Å². The third-order valence-corrected chi connectivity index (χ3v) is 1.80. The summed E-state index contributed by atoms with van der Waals surface area (Å²) in [7, 11) is 0. The number of hydrogen-bond donors (Lipinski definition) is 0. The van der Waals surface area contributed by atoms with Gasteiger partial charge in [-0.25, -0.2) is 4.79 Å². The predicted molar refractivity (Wildman–Crippen MR) is 57.4 cm³/mol. The van der Waals surface area contributed by atoms with E-state index in [1.807, 2.05) is 6.92 Å². The lowest BCUT2D eigenvalue weighted by atomic mass is 10.3. The highest BCUT2D eigenvalue weighted by Gasteiger charge is 2.22. The van der Waals surface area contributed by atoms with Crippen molar-refractivity contribution in [1.82, 2.24) is 0 Å². The van der Waals surface area contributed by atoms with E-state index in [4.69, 9.17) is 19.5 Å². The van der Waals surface area contributed by atoms with Gasteiger partial charge in [0.15, 0.2) is 6.29 Å². The molecular weight excluding hydrogens is 210 g/mol. The highest BCUT2D eigenvalue weighted by atomic mass is 16.7. The van der Waals surface area contributed by atoms with E-state index in [1.54, 1.807) is 19.9 Å². The van der Waals surface area contributed by atoms with Crippen LogP contribution in [0.1, 0.15) is 33.6 Å². The number of rotatable bonds is 8. The third kappa shape index (κ3) is 6.38. The maximum Gasteiger partial charge on any atom is 0.352 e. The molecule has 0 aromatic carbocycles. The van der Waals surface area contributed by atoms with Crippen LogP contribution in [0.2, 0.25) is 0 Å². The molecule has 2 unspecified atom stereocenters. The fourth-order valence-electron chi connectivity index (χ4n) is 0.998. The Morgan fingerprint density at radius 1 is 1.38 bits per heavy atom. The summed E-state index contributed by atoms with van der Waals surface area (Å²) in [5.74, 6) is -0.695. The van der Waals surface area contributed by atoms with Gasteiger partial charge in [-0.3, -0.25) is 0 Å². The molecule has 2 atom stereocenters. The fourth-order valence-corrected chi connectivity index (χ4v) is 0.998. The zero-order valence-electron chi connectivity index (χ0n) is 10.1. The van der Waals surface area contributed by atoms with Crippen molar-refractivity contribution in [1.29, 1.82) is 5.26 Å². The second-order valence-electron chi connectivity index (χ2n) is 3.19. The van der Waals surface area contributed by atoms with Crippen LogP contribution in [0, 0.1) is 11.3 Å². The van der Waals surface area contributed by atoms with Gasteiger partial charge in [0, 0.05) is 13.2 Å². The van der Waals surface area contributed by atoms with E-state index in [9.17, 15) is 4.79 Å². The van der Waals surface area contributed by atoms with Gasteiger partial charge >= 0.3 is 5.97 Å². The van der Waals surface area contributed by atoms with E-state index >= 15 is 0 Å². The molecule has 0 spiro atoms. The summed E-state index contributed by atoms with van der Waals surface area (Å²) in [6.07, 6.45) is -0.0488. The van der Waals surface area contributed by atoms with Crippen LogP contribution in [-0.4, -0.2) is 31.6 Å². The molecule has 0 bridgehead atoms. The van der Waals surface area contributed by atoms with Crippen LogP contribution in [0.25, 0.3) is 0 Å². The normalized spacial score (nSPS) is 13.9. The third-order valence-electron chi connectivity index (χ3n) is 1.80. The van der Waals surface area contributed by atoms with Crippen molar-refractivity contribution in [3.8, 4) is 6.07 Å². The number of unbranched alkanes of at least 4 members (excludes halogenated alkanes) is 1. The number of esters is 1. The summed E-state index contributed by atoms with van der Waals surface area (Å²) >= 11 is 0. The van der Waals surface area contributed by atoms with Crippen molar-refractivity contribution in [3.63, 3.8) is 0 Å². The lowest BCUT2D eigenvalue weighted by molar-refractivity contribution is -0.182. The number of nitriles is 1. The molecule has 0 N–H and O–H groups in total. The molecule has 0 aliphatic heterocycles. The second kappa shape index (κ2) is 9.13. The average Bonchev–Trinajstić information content (AvgIpc) is 2.24. The maximum absolute atomic E-state index is 11.4. The van der Waals surface area contributed by atoms with Crippen molar-refractivity contribution in [2.24, 2.45) is 0 Å². The Kier molecular flexibility index (Phi) is 8.49. The van der Waals surface area contributed by atoms with Gasteiger partial charge in [0.2, 0.25) is 6.10 Å². The van der Waals surface area contributed by atoms with Gasteiger partial charge in [0.05, 0.1) is 0 Å². The first-order valence-electron chi connectivity index (χ1n) is 5.49. The van der Waals surface area contributed by atoms with E-state index in [1.165, 1.54) is 0 Å². The van der Waals surface area contributed by atoms with Gasteiger partial charge in [-0.2, -0.15) is 5.26 Å². The smallest absolute Gasteiger partial charge is 0.352 e. The minimum absolute atomic E-state index is 0.382. The lowest BCUT2D eigenvalue weighted by Crippen LogP contribution is -2.29. The van der Waals surface area contributed by atoms with Crippen LogP contribution < -0.4 is 0 Å². The minimum atomic E-state index is -1.16. The zero-order valence-corrected chi connectivity index (χ0v) is 10.1. The van der Waals surface area contributed by atoms with E-state index in [2.05, 4.69) is 0 Å². The first kappa shape index (κ1) is 14.9. The van der Waals surface area contributed by atoms with Crippen LogP contribution >= 0.6 is 0 Å². The first-order valence-corrected chi connectivity index (χ1v) is 5.49. The average molecular weight is 229 g/mol. The highest BCUT2D eigenvalue weighted by molar-refractivity contribution is 5.77. The summed E-state index contributed by atoms with van der Waals surface area (Å²) in [6, 6.07) is 1.76. The van der Waals surface area contributed by atoms with Crippen molar-refractivity contribution >= 4 is 5.97 Å². The van der Waals surface area contributed by atoms with Crippen molar-refractivity contribution in [2.45, 2.75) is 46.0 Å². The summed E-state index contributed by atoms with van der Waals surface area (Å²) in [5, 5.41) is 8.72. The summed E-state index contributed by atoms with van der Waals surface area (Å²) in [6.45, 7) is 6.22. The molecule has 0 saturated carbocycles. The van der Waals surface area contributed by atoms with Crippen LogP contribution in [0.3, 0.4) is 0 Å². The van der Waals surface area contributed by atoms with Gasteiger partial charge in [0.1, 0.15) is 6.07 Å². The molecule has 0 aromatic heterocycles. The summed E-state index contributed by atoms with van der Waals surface area (Å²) in [5.41, 5.74) is 0. The van der Waals surface area contributed by atoms with E-state index in [-0.39, 0.29) is 0 Å². The number of carbonyl (C=O) groups excluding carboxylic acids is 1. The Hall–Kier alpha value is -1.12. The fraction of sp³-hybridized carbons (Fsp3) is 0.818. The first-order chi connectivity index (χ1) is 7.65. The molecule has 0 rings (SSSR count). The molecule has 0 amide bonds. The Morgan fingerprint density at radius 3 is 2.56 bits per heavy atom. The number of carbonyl (C=O) groups is 1. The van der Waals surface area contributed by atoms with Crippen molar-refractivity contribution < 1.29 is 19.0 Å². The molecule has 5 heteroatoms. The minimum Gasteiger partial charge on any atom is -0.433 e. The molecule has 92 valence electrons. The van der Waals surface area contributed by atoms with Gasteiger partial charge in [0.25, 0.3) is 0 Å². The molecule has 0 aliphatic carbocycles. The number of ether oxygens (including phenoxy) is 3. The summed E-state index contributed by atoms with van der Waals surface area (Å²) < 4.78 is 15.0. The molecule has 0 heterocycles. The van der Waals surface area contributed by atoms with Crippen LogP contribution in [0.4, 0.5) is 0 Å². The molecule has 0 radical (unpaired) electrons. The maximum atomic E-state index is 11.4. The van der Waals surface area contributed by atoms with Crippen molar-refractivity contribution in [2.75, 3.05) is 13.2 Å². The molecular formula is C11H19NO4. The van der Waals surface area contributed by atoms with Gasteiger partial charge < -0.3 is 14.2 Å². The van der Waals surface area contributed by atoms with Crippen LogP contribution in [0.15, 0.2) is 0 Å².